The molecule has 0 saturated carbocycles. The van der Waals surface area contributed by atoms with E-state index in [-0.39, 0.29) is 25.9 Å². The third-order valence-corrected chi connectivity index (χ3v) is 2.61. The number of hydrogen-bond acceptors (Lipinski definition) is 7. The van der Waals surface area contributed by atoms with Gasteiger partial charge in [0.25, 0.3) is 0 Å². The fourth-order valence-corrected chi connectivity index (χ4v) is 1.78. The van der Waals surface area contributed by atoms with E-state index in [0.29, 0.717) is 0 Å². The Morgan fingerprint density at radius 3 is 2.32 bits per heavy atom. The highest BCUT2D eigenvalue weighted by atomic mass is 16.6. The van der Waals surface area contributed by atoms with Gasteiger partial charge in [-0.3, -0.25) is 19.7 Å². The molecule has 0 radical (unpaired) electrons. The molecule has 19 heavy (non-hydrogen) atoms. The lowest BCUT2D eigenvalue weighted by atomic mass is 9.98. The van der Waals surface area contributed by atoms with Crippen molar-refractivity contribution in [1.82, 2.24) is 5.32 Å². The van der Waals surface area contributed by atoms with Crippen molar-refractivity contribution in [3.8, 4) is 0 Å². The molecule has 0 unspecified atom stereocenters. The van der Waals surface area contributed by atoms with Crippen LogP contribution < -0.4 is 5.32 Å². The van der Waals surface area contributed by atoms with Crippen LogP contribution in [0, 0.1) is 5.92 Å². The Labute approximate surface area is 111 Å². The first-order valence-corrected chi connectivity index (χ1v) is 6.27. The predicted octanol–water partition coefficient (Wildman–Crippen LogP) is -0.368. The molecule has 0 aromatic rings. The second kappa shape index (κ2) is 7.08. The van der Waals surface area contributed by atoms with Crippen molar-refractivity contribution < 1.29 is 28.6 Å². The zero-order valence-corrected chi connectivity index (χ0v) is 11.3. The van der Waals surface area contributed by atoms with Crippen LogP contribution in [0.1, 0.15) is 20.8 Å². The molecule has 0 amide bonds. The fourth-order valence-electron chi connectivity index (χ4n) is 1.78. The van der Waals surface area contributed by atoms with E-state index >= 15 is 0 Å². The fraction of sp³-hybridized carbons (Fsp3) is 0.750. The molecule has 7 heteroatoms. The van der Waals surface area contributed by atoms with Gasteiger partial charge in [0.1, 0.15) is 12.6 Å². The van der Waals surface area contributed by atoms with E-state index in [1.165, 1.54) is 0 Å². The maximum Gasteiger partial charge on any atom is 0.324 e. The van der Waals surface area contributed by atoms with Crippen LogP contribution in [-0.2, 0) is 28.6 Å². The van der Waals surface area contributed by atoms with Gasteiger partial charge in [0.05, 0.1) is 13.2 Å². The molecule has 108 valence electrons. The highest BCUT2D eigenvalue weighted by Crippen LogP contribution is 2.15. The van der Waals surface area contributed by atoms with Gasteiger partial charge in [0, 0.05) is 6.04 Å². The van der Waals surface area contributed by atoms with E-state index in [9.17, 15) is 14.4 Å². The molecule has 1 aliphatic rings. The van der Waals surface area contributed by atoms with E-state index in [0.717, 1.165) is 0 Å². The highest BCUT2D eigenvalue weighted by molar-refractivity contribution is 6.00. The molecule has 0 spiro atoms. The van der Waals surface area contributed by atoms with Crippen LogP contribution in [0.25, 0.3) is 0 Å². The summed E-state index contributed by atoms with van der Waals surface area (Å²) in [5, 5.41) is 2.87. The Bertz CT molecular complexity index is 338. The topological polar surface area (TPSA) is 90.9 Å². The lowest BCUT2D eigenvalue weighted by Gasteiger charge is -2.30. The first-order valence-electron chi connectivity index (χ1n) is 6.27. The Kier molecular flexibility index (Phi) is 5.75. The summed E-state index contributed by atoms with van der Waals surface area (Å²) in [6, 6.07) is -1.21. The van der Waals surface area contributed by atoms with Crippen LogP contribution >= 0.6 is 0 Å². The summed E-state index contributed by atoms with van der Waals surface area (Å²) < 4.78 is 14.6. The van der Waals surface area contributed by atoms with Crippen molar-refractivity contribution in [2.24, 2.45) is 5.92 Å². The second-order valence-corrected chi connectivity index (χ2v) is 4.16. The lowest BCUT2D eigenvalue weighted by molar-refractivity contribution is -0.171. The molecule has 0 aliphatic carbocycles. The molecule has 1 aliphatic heterocycles. The number of carbonyl (C=O) groups excluding carboxylic acids is 3. The third kappa shape index (κ3) is 3.92. The summed E-state index contributed by atoms with van der Waals surface area (Å²) >= 11 is 0. The molecular weight excluding hydrogens is 254 g/mol. The summed E-state index contributed by atoms with van der Waals surface area (Å²) in [5.74, 6) is -3.56. The number of esters is 3. The minimum atomic E-state index is -1.34. The van der Waals surface area contributed by atoms with E-state index in [4.69, 9.17) is 14.2 Å². The van der Waals surface area contributed by atoms with Gasteiger partial charge in [0.2, 0.25) is 0 Å². The average molecular weight is 273 g/mol. The van der Waals surface area contributed by atoms with Crippen molar-refractivity contribution >= 4 is 17.9 Å². The number of cyclic esters (lactones) is 1. The van der Waals surface area contributed by atoms with E-state index in [1.807, 2.05) is 0 Å². The zero-order valence-electron chi connectivity index (χ0n) is 11.3. The molecule has 1 heterocycles. The smallest absolute Gasteiger partial charge is 0.324 e. The number of rotatable bonds is 5. The summed E-state index contributed by atoms with van der Waals surface area (Å²) in [7, 11) is 0. The number of hydrogen-bond donors (Lipinski definition) is 1. The highest BCUT2D eigenvalue weighted by Gasteiger charge is 2.45. The molecule has 2 atom stereocenters. The van der Waals surface area contributed by atoms with Gasteiger partial charge < -0.3 is 14.2 Å². The molecule has 1 rings (SSSR count). The molecule has 0 bridgehead atoms. The van der Waals surface area contributed by atoms with Gasteiger partial charge in [-0.2, -0.15) is 0 Å². The second-order valence-electron chi connectivity index (χ2n) is 4.16. The van der Waals surface area contributed by atoms with Crippen LogP contribution in [0.2, 0.25) is 0 Å². The summed E-state index contributed by atoms with van der Waals surface area (Å²) in [5.41, 5.74) is 0. The van der Waals surface area contributed by atoms with Crippen LogP contribution in [-0.4, -0.2) is 49.8 Å². The Morgan fingerprint density at radius 1 is 1.32 bits per heavy atom. The van der Waals surface area contributed by atoms with Crippen LogP contribution in [0.4, 0.5) is 0 Å². The molecule has 1 N–H and O–H groups in total. The van der Waals surface area contributed by atoms with Gasteiger partial charge in [-0.05, 0) is 20.8 Å². The molecule has 1 saturated heterocycles. The minimum absolute atomic E-state index is 0.117. The number of morpholine rings is 1. The van der Waals surface area contributed by atoms with Gasteiger partial charge in [-0.15, -0.1) is 0 Å². The summed E-state index contributed by atoms with van der Waals surface area (Å²) in [4.78, 5) is 35.4. The average Bonchev–Trinajstić information content (AvgIpc) is 2.34. The number of nitrogens with one attached hydrogen (secondary N) is 1. The van der Waals surface area contributed by atoms with Gasteiger partial charge in [0.15, 0.2) is 5.92 Å². The van der Waals surface area contributed by atoms with E-state index in [2.05, 4.69) is 5.32 Å². The molecular formula is C12H19NO6. The normalized spacial score (nSPS) is 22.8. The number of ether oxygens (including phenoxy) is 3. The minimum Gasteiger partial charge on any atom is -0.465 e. The lowest BCUT2D eigenvalue weighted by Crippen LogP contribution is -2.58. The maximum atomic E-state index is 11.8. The van der Waals surface area contributed by atoms with E-state index < -0.39 is 29.9 Å². The summed E-state index contributed by atoms with van der Waals surface area (Å²) in [6.45, 7) is 5.46. The van der Waals surface area contributed by atoms with E-state index in [1.54, 1.807) is 20.8 Å². The van der Waals surface area contributed by atoms with Gasteiger partial charge in [-0.1, -0.05) is 0 Å². The van der Waals surface area contributed by atoms with Crippen molar-refractivity contribution in [3.05, 3.63) is 0 Å². The van der Waals surface area contributed by atoms with Gasteiger partial charge in [-0.25, -0.2) is 0 Å². The van der Waals surface area contributed by atoms with Crippen LogP contribution in [0.15, 0.2) is 0 Å². The standard InChI is InChI=1S/C12H19NO6/c1-4-17-10(14)8(11(15)18-5-2)9-12(16)19-6-7(3)13-9/h7-9,13H,4-6H2,1-3H3/t7-,9+/m0/s1. The molecule has 0 aromatic heterocycles. The Balaban J connectivity index is 2.90. The number of carbonyl (C=O) groups is 3. The maximum absolute atomic E-state index is 11.8. The molecule has 1 fully saturated rings. The predicted molar refractivity (Wildman–Crippen MR) is 64.1 cm³/mol. The zero-order chi connectivity index (χ0) is 14.4. The van der Waals surface area contributed by atoms with Crippen LogP contribution in [0.3, 0.4) is 0 Å². The van der Waals surface area contributed by atoms with Crippen molar-refractivity contribution in [1.29, 1.82) is 0 Å². The largest absolute Gasteiger partial charge is 0.465 e. The Morgan fingerprint density at radius 2 is 1.84 bits per heavy atom. The molecule has 0 aromatic carbocycles. The first kappa shape index (κ1) is 15.4. The Hall–Kier alpha value is -1.63. The first-order chi connectivity index (χ1) is 9.01. The van der Waals surface area contributed by atoms with Crippen LogP contribution in [0.5, 0.6) is 0 Å². The van der Waals surface area contributed by atoms with Crippen molar-refractivity contribution in [2.75, 3.05) is 19.8 Å². The SMILES string of the molecule is CCOC(=O)C(C(=O)OCC)[C@H]1N[C@@H](C)COC1=O. The van der Waals surface area contributed by atoms with Crippen molar-refractivity contribution in [3.63, 3.8) is 0 Å². The van der Waals surface area contributed by atoms with Gasteiger partial charge >= 0.3 is 17.9 Å². The summed E-state index contributed by atoms with van der Waals surface area (Å²) in [6.07, 6.45) is 0. The van der Waals surface area contributed by atoms with Crippen molar-refractivity contribution in [2.45, 2.75) is 32.9 Å². The molecule has 7 nitrogen and oxygen atoms in total. The third-order valence-electron chi connectivity index (χ3n) is 2.61. The monoisotopic (exact) mass is 273 g/mol. The quantitative estimate of drug-likeness (QED) is 0.415.